The standard InChI is InChI=1S/C22H30N2O3/c1-21(2,3)17-12-15(13-18(20(17)26)22(4,5)6)9-10-19(25)24-23-14-16-8-7-11-27-16/h7-8,11-14,26H,9-10H2,1-6H3,(H,24,25)/b23-14+. The molecule has 0 saturated carbocycles. The summed E-state index contributed by atoms with van der Waals surface area (Å²) in [5.74, 6) is 0.769. The first-order valence-electron chi connectivity index (χ1n) is 9.21. The van der Waals surface area contributed by atoms with E-state index in [0.29, 0.717) is 24.4 Å². The number of benzene rings is 1. The number of aromatic hydroxyl groups is 1. The van der Waals surface area contributed by atoms with Gasteiger partial charge in [0.15, 0.2) is 0 Å². The monoisotopic (exact) mass is 370 g/mol. The molecule has 0 unspecified atom stereocenters. The number of phenols is 1. The van der Waals surface area contributed by atoms with E-state index in [1.807, 2.05) is 12.1 Å². The van der Waals surface area contributed by atoms with Gasteiger partial charge in [-0.15, -0.1) is 0 Å². The van der Waals surface area contributed by atoms with Gasteiger partial charge >= 0.3 is 0 Å². The van der Waals surface area contributed by atoms with Crippen molar-refractivity contribution in [2.75, 3.05) is 0 Å². The average molecular weight is 370 g/mol. The van der Waals surface area contributed by atoms with Crippen LogP contribution in [0.25, 0.3) is 0 Å². The normalized spacial score (nSPS) is 12.5. The van der Waals surface area contributed by atoms with Gasteiger partial charge in [0.25, 0.3) is 0 Å². The minimum absolute atomic E-state index is 0.166. The van der Waals surface area contributed by atoms with Crippen molar-refractivity contribution in [2.45, 2.75) is 65.2 Å². The van der Waals surface area contributed by atoms with Crippen molar-refractivity contribution in [2.24, 2.45) is 5.10 Å². The Hall–Kier alpha value is -2.56. The maximum absolute atomic E-state index is 12.1. The number of aryl methyl sites for hydroxylation is 1. The van der Waals surface area contributed by atoms with Crippen LogP contribution in [0, 0.1) is 0 Å². The van der Waals surface area contributed by atoms with Crippen LogP contribution in [-0.2, 0) is 22.0 Å². The number of hydrogen-bond donors (Lipinski definition) is 2. The van der Waals surface area contributed by atoms with Gasteiger partial charge in [-0.2, -0.15) is 5.10 Å². The van der Waals surface area contributed by atoms with E-state index >= 15 is 0 Å². The van der Waals surface area contributed by atoms with Gasteiger partial charge in [-0.05, 0) is 46.1 Å². The first-order valence-corrected chi connectivity index (χ1v) is 9.21. The second kappa shape index (κ2) is 7.99. The van der Waals surface area contributed by atoms with Crippen LogP contribution in [0.15, 0.2) is 40.0 Å². The van der Waals surface area contributed by atoms with Gasteiger partial charge in [0.1, 0.15) is 11.5 Å². The number of hydrogen-bond acceptors (Lipinski definition) is 4. The number of phenolic OH excluding ortho intramolecular Hbond substituents is 1. The van der Waals surface area contributed by atoms with Gasteiger partial charge in [-0.1, -0.05) is 53.7 Å². The third-order valence-corrected chi connectivity index (χ3v) is 4.35. The summed E-state index contributed by atoms with van der Waals surface area (Å²) in [7, 11) is 0. The number of carbonyl (C=O) groups is 1. The molecule has 2 N–H and O–H groups in total. The highest BCUT2D eigenvalue weighted by Gasteiger charge is 2.26. The molecule has 0 saturated heterocycles. The molecular weight excluding hydrogens is 340 g/mol. The lowest BCUT2D eigenvalue weighted by Gasteiger charge is -2.28. The molecule has 0 aliphatic rings. The lowest BCUT2D eigenvalue weighted by molar-refractivity contribution is -0.121. The molecule has 1 heterocycles. The number of nitrogens with one attached hydrogen (secondary N) is 1. The second-order valence-corrected chi connectivity index (χ2v) is 8.85. The lowest BCUT2D eigenvalue weighted by Crippen LogP contribution is -2.20. The molecule has 0 aliphatic carbocycles. The van der Waals surface area contributed by atoms with Crippen molar-refractivity contribution in [1.29, 1.82) is 0 Å². The summed E-state index contributed by atoms with van der Waals surface area (Å²) in [6.07, 6.45) is 3.91. The van der Waals surface area contributed by atoms with Gasteiger partial charge in [0, 0.05) is 6.42 Å². The second-order valence-electron chi connectivity index (χ2n) is 8.85. The fourth-order valence-corrected chi connectivity index (χ4v) is 2.83. The van der Waals surface area contributed by atoms with E-state index in [-0.39, 0.29) is 16.7 Å². The number of carbonyl (C=O) groups excluding carboxylic acids is 1. The van der Waals surface area contributed by atoms with E-state index in [4.69, 9.17) is 4.42 Å². The predicted molar refractivity (Wildman–Crippen MR) is 108 cm³/mol. The first-order chi connectivity index (χ1) is 12.5. The van der Waals surface area contributed by atoms with E-state index in [0.717, 1.165) is 16.7 Å². The summed E-state index contributed by atoms with van der Waals surface area (Å²) in [4.78, 5) is 12.1. The van der Waals surface area contributed by atoms with Crippen LogP contribution in [0.2, 0.25) is 0 Å². The molecule has 0 spiro atoms. The van der Waals surface area contributed by atoms with Crippen LogP contribution >= 0.6 is 0 Å². The predicted octanol–water partition coefficient (Wildman–Crippen LogP) is 4.66. The summed E-state index contributed by atoms with van der Waals surface area (Å²) < 4.78 is 5.12. The van der Waals surface area contributed by atoms with Crippen LogP contribution in [0.3, 0.4) is 0 Å². The molecule has 2 aromatic rings. The maximum atomic E-state index is 12.1. The SMILES string of the molecule is CC(C)(C)c1cc(CCC(=O)N/N=C/c2ccco2)cc(C(C)(C)C)c1O. The zero-order valence-electron chi connectivity index (χ0n) is 17.1. The number of furan rings is 1. The fraction of sp³-hybridized carbons (Fsp3) is 0.455. The summed E-state index contributed by atoms with van der Waals surface area (Å²) in [5.41, 5.74) is 4.99. The Morgan fingerprint density at radius 1 is 1.15 bits per heavy atom. The van der Waals surface area contributed by atoms with Crippen molar-refractivity contribution < 1.29 is 14.3 Å². The molecule has 0 atom stereocenters. The zero-order chi connectivity index (χ0) is 20.2. The zero-order valence-corrected chi connectivity index (χ0v) is 17.1. The van der Waals surface area contributed by atoms with Crippen LogP contribution in [0.1, 0.15) is 70.4 Å². The minimum Gasteiger partial charge on any atom is -0.507 e. The minimum atomic E-state index is -0.185. The smallest absolute Gasteiger partial charge is 0.240 e. The highest BCUT2D eigenvalue weighted by atomic mass is 16.3. The molecule has 0 fully saturated rings. The largest absolute Gasteiger partial charge is 0.507 e. The highest BCUT2D eigenvalue weighted by molar-refractivity contribution is 5.80. The lowest BCUT2D eigenvalue weighted by atomic mass is 9.78. The fourth-order valence-electron chi connectivity index (χ4n) is 2.83. The highest BCUT2D eigenvalue weighted by Crippen LogP contribution is 2.39. The Balaban J connectivity index is 2.12. The number of rotatable bonds is 5. The molecule has 0 bridgehead atoms. The molecule has 1 aromatic carbocycles. The number of amides is 1. The molecular formula is C22H30N2O3. The quantitative estimate of drug-likeness (QED) is 0.593. The Kier molecular flexibility index (Phi) is 6.14. The van der Waals surface area contributed by atoms with Crippen molar-refractivity contribution in [3.8, 4) is 5.75 Å². The topological polar surface area (TPSA) is 74.8 Å². The van der Waals surface area contributed by atoms with Crippen molar-refractivity contribution >= 4 is 12.1 Å². The average Bonchev–Trinajstić information content (AvgIpc) is 3.05. The van der Waals surface area contributed by atoms with Gasteiger partial charge in [0.2, 0.25) is 5.91 Å². The van der Waals surface area contributed by atoms with Gasteiger partial charge < -0.3 is 9.52 Å². The molecule has 0 radical (unpaired) electrons. The first kappa shape index (κ1) is 20.7. The van der Waals surface area contributed by atoms with E-state index in [1.165, 1.54) is 6.21 Å². The Labute approximate surface area is 161 Å². The molecule has 0 aliphatic heterocycles. The maximum Gasteiger partial charge on any atom is 0.240 e. The molecule has 27 heavy (non-hydrogen) atoms. The third kappa shape index (κ3) is 5.71. The molecule has 1 amide bonds. The molecule has 146 valence electrons. The summed E-state index contributed by atoms with van der Waals surface area (Å²) in [5, 5.41) is 14.7. The van der Waals surface area contributed by atoms with Crippen molar-refractivity contribution in [3.05, 3.63) is 53.0 Å². The van der Waals surface area contributed by atoms with Crippen molar-refractivity contribution in [1.82, 2.24) is 5.43 Å². The van der Waals surface area contributed by atoms with Crippen LogP contribution in [-0.4, -0.2) is 17.2 Å². The van der Waals surface area contributed by atoms with Gasteiger partial charge in [-0.25, -0.2) is 5.43 Å². The number of nitrogens with zero attached hydrogens (tertiary/aromatic N) is 1. The van der Waals surface area contributed by atoms with Crippen molar-refractivity contribution in [3.63, 3.8) is 0 Å². The number of hydrazone groups is 1. The molecule has 5 heteroatoms. The Bertz CT molecular complexity index is 772. The van der Waals surface area contributed by atoms with E-state index < -0.39 is 0 Å². The molecule has 2 rings (SSSR count). The van der Waals surface area contributed by atoms with E-state index in [1.54, 1.807) is 18.4 Å². The Morgan fingerprint density at radius 2 is 1.74 bits per heavy atom. The third-order valence-electron chi connectivity index (χ3n) is 4.35. The summed E-state index contributed by atoms with van der Waals surface area (Å²) in [6.45, 7) is 12.5. The van der Waals surface area contributed by atoms with Crippen LogP contribution in [0.5, 0.6) is 5.75 Å². The van der Waals surface area contributed by atoms with E-state index in [2.05, 4.69) is 52.1 Å². The van der Waals surface area contributed by atoms with Gasteiger partial charge in [-0.3, -0.25) is 4.79 Å². The van der Waals surface area contributed by atoms with Crippen LogP contribution in [0.4, 0.5) is 0 Å². The summed E-state index contributed by atoms with van der Waals surface area (Å²) in [6, 6.07) is 7.52. The molecule has 1 aromatic heterocycles. The summed E-state index contributed by atoms with van der Waals surface area (Å²) >= 11 is 0. The van der Waals surface area contributed by atoms with E-state index in [9.17, 15) is 9.90 Å². The van der Waals surface area contributed by atoms with Crippen LogP contribution < -0.4 is 5.43 Å². The van der Waals surface area contributed by atoms with Gasteiger partial charge in [0.05, 0.1) is 12.5 Å². The Morgan fingerprint density at radius 3 is 2.22 bits per heavy atom. The molecule has 5 nitrogen and oxygen atoms in total.